The van der Waals surface area contributed by atoms with Gasteiger partial charge in [-0.25, -0.2) is 9.69 Å². The fourth-order valence-corrected chi connectivity index (χ4v) is 2.67. The van der Waals surface area contributed by atoms with Crippen molar-refractivity contribution in [2.24, 2.45) is 0 Å². The molecule has 2 aromatic rings. The summed E-state index contributed by atoms with van der Waals surface area (Å²) < 4.78 is 0. The SMILES string of the molecule is Cc1ccc(NC(=O)CN2C(=O)N/C(=C\c3cc(Cl)ccc3O)C2=O)cc1. The Balaban J connectivity index is 1.72. The lowest BCUT2D eigenvalue weighted by Crippen LogP contribution is -2.38. The number of nitrogens with zero attached hydrogens (tertiary/aromatic N) is 1. The number of phenolic OH excluding ortho intramolecular Hbond substituents is 1. The van der Waals surface area contributed by atoms with Crippen LogP contribution in [0.15, 0.2) is 48.2 Å². The highest BCUT2D eigenvalue weighted by Crippen LogP contribution is 2.25. The summed E-state index contributed by atoms with van der Waals surface area (Å²) in [5, 5.41) is 15.2. The van der Waals surface area contributed by atoms with Gasteiger partial charge >= 0.3 is 6.03 Å². The van der Waals surface area contributed by atoms with E-state index < -0.39 is 24.4 Å². The van der Waals surface area contributed by atoms with Gasteiger partial charge in [-0.1, -0.05) is 29.3 Å². The van der Waals surface area contributed by atoms with Crippen LogP contribution >= 0.6 is 11.6 Å². The molecule has 0 aliphatic carbocycles. The number of anilines is 1. The van der Waals surface area contributed by atoms with Crippen molar-refractivity contribution in [2.45, 2.75) is 6.92 Å². The highest BCUT2D eigenvalue weighted by atomic mass is 35.5. The molecule has 7 nitrogen and oxygen atoms in total. The number of aromatic hydroxyl groups is 1. The Bertz CT molecular complexity index is 954. The summed E-state index contributed by atoms with van der Waals surface area (Å²) in [6, 6.07) is 10.7. The second-order valence-corrected chi connectivity index (χ2v) is 6.43. The van der Waals surface area contributed by atoms with Crippen molar-refractivity contribution in [2.75, 3.05) is 11.9 Å². The molecule has 1 fully saturated rings. The molecule has 0 saturated carbocycles. The number of hydrogen-bond acceptors (Lipinski definition) is 4. The Morgan fingerprint density at radius 3 is 2.63 bits per heavy atom. The summed E-state index contributed by atoms with van der Waals surface area (Å²) in [5.74, 6) is -1.27. The average Bonchev–Trinajstić information content (AvgIpc) is 2.87. The van der Waals surface area contributed by atoms with Crippen LogP contribution in [0.1, 0.15) is 11.1 Å². The molecule has 138 valence electrons. The first-order valence-corrected chi connectivity index (χ1v) is 8.41. The summed E-state index contributed by atoms with van der Waals surface area (Å²) in [4.78, 5) is 37.4. The topological polar surface area (TPSA) is 98.7 Å². The van der Waals surface area contributed by atoms with Gasteiger partial charge in [-0.2, -0.15) is 0 Å². The van der Waals surface area contributed by atoms with Crippen LogP contribution in [0.25, 0.3) is 6.08 Å². The molecular formula is C19H16ClN3O4. The van der Waals surface area contributed by atoms with Gasteiger partial charge in [-0.15, -0.1) is 0 Å². The van der Waals surface area contributed by atoms with Crippen LogP contribution in [-0.2, 0) is 9.59 Å². The third-order valence-electron chi connectivity index (χ3n) is 3.89. The molecule has 3 N–H and O–H groups in total. The zero-order chi connectivity index (χ0) is 19.6. The van der Waals surface area contributed by atoms with Crippen molar-refractivity contribution in [1.82, 2.24) is 10.2 Å². The number of rotatable bonds is 4. The maximum absolute atomic E-state index is 12.4. The standard InChI is InChI=1S/C19H16ClN3O4/c1-11-2-5-14(6-3-11)21-17(25)10-23-18(26)15(22-19(23)27)9-12-8-13(20)4-7-16(12)24/h2-9,24H,10H2,1H3,(H,21,25)(H,22,27)/b15-9-. The van der Waals surface area contributed by atoms with Crippen molar-refractivity contribution in [3.05, 3.63) is 64.3 Å². The molecule has 0 spiro atoms. The Labute approximate surface area is 160 Å². The number of carbonyl (C=O) groups is 3. The number of aryl methyl sites for hydroxylation is 1. The van der Waals surface area contributed by atoms with Crippen molar-refractivity contribution in [3.63, 3.8) is 0 Å². The highest BCUT2D eigenvalue weighted by molar-refractivity contribution is 6.30. The zero-order valence-corrected chi connectivity index (χ0v) is 15.1. The van der Waals surface area contributed by atoms with Gasteiger partial charge in [0.2, 0.25) is 5.91 Å². The maximum atomic E-state index is 12.4. The van der Waals surface area contributed by atoms with Gasteiger partial charge in [0.1, 0.15) is 18.0 Å². The largest absolute Gasteiger partial charge is 0.507 e. The lowest BCUT2D eigenvalue weighted by atomic mass is 10.1. The molecule has 1 aliphatic rings. The molecule has 0 atom stereocenters. The van der Waals surface area contributed by atoms with Crippen LogP contribution < -0.4 is 10.6 Å². The van der Waals surface area contributed by atoms with E-state index in [9.17, 15) is 19.5 Å². The van der Waals surface area contributed by atoms with Gasteiger partial charge < -0.3 is 15.7 Å². The van der Waals surface area contributed by atoms with Crippen molar-refractivity contribution >= 4 is 41.2 Å². The number of hydrogen-bond donors (Lipinski definition) is 3. The van der Waals surface area contributed by atoms with Crippen LogP contribution in [-0.4, -0.2) is 34.4 Å². The molecule has 1 aliphatic heterocycles. The van der Waals surface area contributed by atoms with E-state index in [1.165, 1.54) is 24.3 Å². The summed E-state index contributed by atoms with van der Waals surface area (Å²) in [5.41, 5.74) is 1.83. The Hall–Kier alpha value is -3.32. The number of urea groups is 1. The van der Waals surface area contributed by atoms with Crippen LogP contribution in [0.3, 0.4) is 0 Å². The number of benzene rings is 2. The fourth-order valence-electron chi connectivity index (χ4n) is 2.49. The summed E-state index contributed by atoms with van der Waals surface area (Å²) in [6.07, 6.45) is 1.30. The van der Waals surface area contributed by atoms with E-state index in [0.29, 0.717) is 10.7 Å². The van der Waals surface area contributed by atoms with Crippen LogP contribution in [0.4, 0.5) is 10.5 Å². The molecule has 27 heavy (non-hydrogen) atoms. The lowest BCUT2D eigenvalue weighted by molar-refractivity contribution is -0.127. The van der Waals surface area contributed by atoms with E-state index in [2.05, 4.69) is 10.6 Å². The predicted molar refractivity (Wildman–Crippen MR) is 101 cm³/mol. The van der Waals surface area contributed by atoms with E-state index in [-0.39, 0.29) is 17.0 Å². The number of amides is 4. The molecule has 3 rings (SSSR count). The van der Waals surface area contributed by atoms with Crippen molar-refractivity contribution in [1.29, 1.82) is 0 Å². The van der Waals surface area contributed by atoms with Crippen LogP contribution in [0.2, 0.25) is 5.02 Å². The van der Waals surface area contributed by atoms with Crippen molar-refractivity contribution < 1.29 is 19.5 Å². The molecule has 1 heterocycles. The van der Waals surface area contributed by atoms with Gasteiger partial charge in [0.25, 0.3) is 5.91 Å². The van der Waals surface area contributed by atoms with E-state index in [0.717, 1.165) is 10.5 Å². The first-order chi connectivity index (χ1) is 12.8. The van der Waals surface area contributed by atoms with Gasteiger partial charge in [0, 0.05) is 16.3 Å². The minimum Gasteiger partial charge on any atom is -0.507 e. The summed E-state index contributed by atoms with van der Waals surface area (Å²) >= 11 is 5.88. The van der Waals surface area contributed by atoms with Gasteiger partial charge in [-0.3, -0.25) is 9.59 Å². The second-order valence-electron chi connectivity index (χ2n) is 6.00. The monoisotopic (exact) mass is 385 g/mol. The molecule has 2 aromatic carbocycles. The smallest absolute Gasteiger partial charge is 0.329 e. The third kappa shape index (κ3) is 4.27. The van der Waals surface area contributed by atoms with Crippen LogP contribution in [0, 0.1) is 6.92 Å². The normalized spacial score (nSPS) is 15.2. The zero-order valence-electron chi connectivity index (χ0n) is 14.3. The third-order valence-corrected chi connectivity index (χ3v) is 4.12. The number of phenols is 1. The molecule has 0 aromatic heterocycles. The molecule has 8 heteroatoms. The van der Waals surface area contributed by atoms with Crippen molar-refractivity contribution in [3.8, 4) is 5.75 Å². The van der Waals surface area contributed by atoms with E-state index in [1.54, 1.807) is 12.1 Å². The molecule has 4 amide bonds. The van der Waals surface area contributed by atoms with Gasteiger partial charge in [-0.05, 0) is 43.3 Å². The Kier molecular flexibility index (Phi) is 5.14. The number of imide groups is 1. The molecule has 0 bridgehead atoms. The summed E-state index contributed by atoms with van der Waals surface area (Å²) in [7, 11) is 0. The minimum absolute atomic E-state index is 0.0549. The average molecular weight is 386 g/mol. The number of nitrogens with one attached hydrogen (secondary N) is 2. The molecule has 0 radical (unpaired) electrons. The first-order valence-electron chi connectivity index (χ1n) is 8.03. The van der Waals surface area contributed by atoms with E-state index >= 15 is 0 Å². The molecule has 1 saturated heterocycles. The Morgan fingerprint density at radius 1 is 1.22 bits per heavy atom. The van der Waals surface area contributed by atoms with E-state index in [1.807, 2.05) is 19.1 Å². The number of halogens is 1. The predicted octanol–water partition coefficient (Wildman–Crippen LogP) is 2.89. The maximum Gasteiger partial charge on any atom is 0.329 e. The fraction of sp³-hybridized carbons (Fsp3) is 0.105. The first kappa shape index (κ1) is 18.5. The van der Waals surface area contributed by atoms with E-state index in [4.69, 9.17) is 11.6 Å². The second kappa shape index (κ2) is 7.51. The quantitative estimate of drug-likeness (QED) is 0.556. The summed E-state index contributed by atoms with van der Waals surface area (Å²) in [6.45, 7) is 1.49. The number of carbonyl (C=O) groups excluding carboxylic acids is 3. The van der Waals surface area contributed by atoms with Crippen LogP contribution in [0.5, 0.6) is 5.75 Å². The van der Waals surface area contributed by atoms with Gasteiger partial charge in [0.05, 0.1) is 0 Å². The minimum atomic E-state index is -0.716. The van der Waals surface area contributed by atoms with Gasteiger partial charge in [0.15, 0.2) is 0 Å². The molecular weight excluding hydrogens is 370 g/mol. The lowest BCUT2D eigenvalue weighted by Gasteiger charge is -2.12. The highest BCUT2D eigenvalue weighted by Gasteiger charge is 2.35. The molecule has 0 unspecified atom stereocenters. The Morgan fingerprint density at radius 2 is 1.93 bits per heavy atom.